The molecule has 35 heavy (non-hydrogen) atoms. The second kappa shape index (κ2) is 11.0. The van der Waals surface area contributed by atoms with Gasteiger partial charge in [0.1, 0.15) is 6.07 Å². The van der Waals surface area contributed by atoms with Gasteiger partial charge in [0.25, 0.3) is 5.91 Å². The standard InChI is InChI=1S/C27H24N2O5S/c1-32-22-13-18-11-12-29(16-20(18)14-23(22)33-2)26(30)17-34-27(31)21-8-4-6-10-25(21)35-24-9-5-3-7-19(24)15-28/h3-10,13-14H,11-12,16-17H2,1-2H3. The number of amides is 1. The topological polar surface area (TPSA) is 88.9 Å². The van der Waals surface area contributed by atoms with Crippen LogP contribution in [0.5, 0.6) is 11.5 Å². The number of benzene rings is 3. The van der Waals surface area contributed by atoms with Crippen molar-refractivity contribution in [2.45, 2.75) is 22.8 Å². The van der Waals surface area contributed by atoms with Gasteiger partial charge in [-0.25, -0.2) is 4.79 Å². The van der Waals surface area contributed by atoms with Crippen molar-refractivity contribution in [3.63, 3.8) is 0 Å². The fraction of sp³-hybridized carbons (Fsp3) is 0.222. The molecular weight excluding hydrogens is 464 g/mol. The first kappa shape index (κ1) is 24.2. The molecule has 7 nitrogen and oxygen atoms in total. The molecule has 1 aliphatic heterocycles. The number of carbonyl (C=O) groups excluding carboxylic acids is 2. The Balaban J connectivity index is 1.42. The molecule has 0 N–H and O–H groups in total. The van der Waals surface area contributed by atoms with Crippen molar-refractivity contribution in [2.75, 3.05) is 27.4 Å². The van der Waals surface area contributed by atoms with Gasteiger partial charge in [-0.05, 0) is 53.9 Å². The van der Waals surface area contributed by atoms with E-state index in [4.69, 9.17) is 14.2 Å². The SMILES string of the molecule is COc1cc2c(cc1OC)CN(C(=O)COC(=O)c1ccccc1Sc1ccccc1C#N)CC2. The number of ether oxygens (including phenoxy) is 3. The molecule has 1 heterocycles. The average molecular weight is 489 g/mol. The van der Waals surface area contributed by atoms with E-state index in [0.717, 1.165) is 16.0 Å². The second-order valence-electron chi connectivity index (χ2n) is 7.82. The molecule has 0 radical (unpaired) electrons. The molecule has 3 aromatic carbocycles. The molecule has 0 saturated heterocycles. The van der Waals surface area contributed by atoms with Gasteiger partial charge in [0, 0.05) is 22.9 Å². The number of methoxy groups -OCH3 is 2. The summed E-state index contributed by atoms with van der Waals surface area (Å²) >= 11 is 1.31. The minimum absolute atomic E-state index is 0.265. The molecule has 0 saturated carbocycles. The van der Waals surface area contributed by atoms with Crippen molar-refractivity contribution in [1.29, 1.82) is 5.26 Å². The highest BCUT2D eigenvalue weighted by molar-refractivity contribution is 7.99. The molecule has 4 rings (SSSR count). The van der Waals surface area contributed by atoms with Crippen molar-refractivity contribution in [1.82, 2.24) is 4.90 Å². The third-order valence-electron chi connectivity index (χ3n) is 5.73. The molecule has 3 aromatic rings. The normalized spacial score (nSPS) is 12.3. The lowest BCUT2D eigenvalue weighted by Gasteiger charge is -2.29. The van der Waals surface area contributed by atoms with Gasteiger partial charge in [-0.15, -0.1) is 0 Å². The molecule has 178 valence electrons. The molecule has 0 aliphatic carbocycles. The summed E-state index contributed by atoms with van der Waals surface area (Å²) in [7, 11) is 3.17. The van der Waals surface area contributed by atoms with Crippen LogP contribution in [0.15, 0.2) is 70.5 Å². The number of fused-ring (bicyclic) bond motifs is 1. The largest absolute Gasteiger partial charge is 0.493 e. The Kier molecular flexibility index (Phi) is 7.58. The van der Waals surface area contributed by atoms with Crippen LogP contribution < -0.4 is 9.47 Å². The van der Waals surface area contributed by atoms with Gasteiger partial charge in [0.15, 0.2) is 18.1 Å². The summed E-state index contributed by atoms with van der Waals surface area (Å²) in [6.07, 6.45) is 0.674. The molecule has 1 amide bonds. The minimum atomic E-state index is -0.584. The van der Waals surface area contributed by atoms with Crippen molar-refractivity contribution >= 4 is 23.6 Å². The molecule has 0 unspecified atom stereocenters. The van der Waals surface area contributed by atoms with E-state index >= 15 is 0 Å². The number of carbonyl (C=O) groups is 2. The zero-order valence-electron chi connectivity index (χ0n) is 19.4. The summed E-state index contributed by atoms with van der Waals surface area (Å²) in [5.74, 6) is 0.423. The van der Waals surface area contributed by atoms with Crippen LogP contribution in [0.1, 0.15) is 27.0 Å². The summed E-state index contributed by atoms with van der Waals surface area (Å²) in [6.45, 7) is 0.578. The zero-order chi connectivity index (χ0) is 24.8. The van der Waals surface area contributed by atoms with Gasteiger partial charge < -0.3 is 19.1 Å². The number of hydrogen-bond acceptors (Lipinski definition) is 7. The zero-order valence-corrected chi connectivity index (χ0v) is 20.3. The number of nitriles is 1. The predicted octanol–water partition coefficient (Wildman–Crippen LogP) is 4.47. The van der Waals surface area contributed by atoms with Gasteiger partial charge in [-0.2, -0.15) is 5.26 Å². The van der Waals surface area contributed by atoms with Crippen LogP contribution in [-0.2, 0) is 22.5 Å². The maximum Gasteiger partial charge on any atom is 0.339 e. The molecule has 0 bridgehead atoms. The molecule has 1 aliphatic rings. The summed E-state index contributed by atoms with van der Waals surface area (Å²) in [4.78, 5) is 28.7. The summed E-state index contributed by atoms with van der Waals surface area (Å²) in [6, 6.07) is 20.2. The maximum absolute atomic E-state index is 12.8. The molecule has 0 fully saturated rings. The van der Waals surface area contributed by atoms with Gasteiger partial charge in [-0.3, -0.25) is 4.79 Å². The highest BCUT2D eigenvalue weighted by Gasteiger charge is 2.24. The van der Waals surface area contributed by atoms with Crippen molar-refractivity contribution in [3.8, 4) is 17.6 Å². The van der Waals surface area contributed by atoms with Crippen molar-refractivity contribution in [2.24, 2.45) is 0 Å². The van der Waals surface area contributed by atoms with Gasteiger partial charge >= 0.3 is 5.97 Å². The van der Waals surface area contributed by atoms with E-state index in [0.29, 0.717) is 47.0 Å². The minimum Gasteiger partial charge on any atom is -0.493 e. The van der Waals surface area contributed by atoms with E-state index in [9.17, 15) is 14.9 Å². The molecule has 0 spiro atoms. The average Bonchev–Trinajstić information content (AvgIpc) is 2.90. The van der Waals surface area contributed by atoms with Crippen LogP contribution in [0.3, 0.4) is 0 Å². The third-order valence-corrected chi connectivity index (χ3v) is 6.88. The first-order valence-electron chi connectivity index (χ1n) is 11.0. The first-order chi connectivity index (χ1) is 17.0. The van der Waals surface area contributed by atoms with Crippen molar-refractivity contribution in [3.05, 3.63) is 82.9 Å². The Labute approximate surface area is 208 Å². The summed E-state index contributed by atoms with van der Waals surface area (Å²) in [5.41, 5.74) is 2.95. The lowest BCUT2D eigenvalue weighted by atomic mass is 9.99. The quantitative estimate of drug-likeness (QED) is 0.454. The fourth-order valence-electron chi connectivity index (χ4n) is 3.88. The summed E-state index contributed by atoms with van der Waals surface area (Å²) in [5, 5.41) is 9.35. The Hall–Kier alpha value is -3.96. The number of esters is 1. The lowest BCUT2D eigenvalue weighted by molar-refractivity contribution is -0.135. The fourth-order valence-corrected chi connectivity index (χ4v) is 4.90. The highest BCUT2D eigenvalue weighted by Crippen LogP contribution is 2.34. The van der Waals surface area contributed by atoms with Crippen LogP contribution in [0.25, 0.3) is 0 Å². The number of hydrogen-bond donors (Lipinski definition) is 0. The predicted molar refractivity (Wildman–Crippen MR) is 131 cm³/mol. The van der Waals surface area contributed by atoms with Crippen LogP contribution in [0.4, 0.5) is 0 Å². The van der Waals surface area contributed by atoms with E-state index in [1.54, 1.807) is 49.5 Å². The smallest absolute Gasteiger partial charge is 0.339 e. The first-order valence-corrected chi connectivity index (χ1v) is 11.8. The van der Waals surface area contributed by atoms with E-state index in [1.807, 2.05) is 30.3 Å². The summed E-state index contributed by atoms with van der Waals surface area (Å²) < 4.78 is 16.1. The number of rotatable bonds is 7. The van der Waals surface area contributed by atoms with Crippen LogP contribution >= 0.6 is 11.8 Å². The monoisotopic (exact) mass is 488 g/mol. The van der Waals surface area contributed by atoms with E-state index in [1.165, 1.54) is 11.8 Å². The molecule has 8 heteroatoms. The Morgan fingerprint density at radius 2 is 1.63 bits per heavy atom. The second-order valence-corrected chi connectivity index (χ2v) is 8.91. The molecule has 0 atom stereocenters. The van der Waals surface area contributed by atoms with E-state index in [2.05, 4.69) is 6.07 Å². The number of nitrogens with zero attached hydrogens (tertiary/aromatic N) is 2. The van der Waals surface area contributed by atoms with E-state index in [-0.39, 0.29) is 12.5 Å². The Bertz CT molecular complexity index is 1300. The Morgan fingerprint density at radius 3 is 2.34 bits per heavy atom. The van der Waals surface area contributed by atoms with Gasteiger partial charge in [0.2, 0.25) is 0 Å². The Morgan fingerprint density at radius 1 is 0.971 bits per heavy atom. The molecular formula is C27H24N2O5S. The van der Waals surface area contributed by atoms with Gasteiger partial charge in [0.05, 0.1) is 25.3 Å². The third kappa shape index (κ3) is 5.42. The van der Waals surface area contributed by atoms with Crippen LogP contribution in [0, 0.1) is 11.3 Å². The molecule has 0 aromatic heterocycles. The van der Waals surface area contributed by atoms with Crippen LogP contribution in [-0.4, -0.2) is 44.1 Å². The van der Waals surface area contributed by atoms with Crippen LogP contribution in [0.2, 0.25) is 0 Å². The lowest BCUT2D eigenvalue weighted by Crippen LogP contribution is -2.38. The van der Waals surface area contributed by atoms with Gasteiger partial charge in [-0.1, -0.05) is 36.0 Å². The van der Waals surface area contributed by atoms with E-state index < -0.39 is 5.97 Å². The van der Waals surface area contributed by atoms with Crippen molar-refractivity contribution < 1.29 is 23.8 Å². The highest BCUT2D eigenvalue weighted by atomic mass is 32.2. The maximum atomic E-state index is 12.8.